The molecule has 7 nitrogen and oxygen atoms in total. The van der Waals surface area contributed by atoms with Gasteiger partial charge in [-0.15, -0.1) is 0 Å². The molecular formula is C23H26N2O5. The molecule has 2 rings (SSSR count). The minimum atomic E-state index is -1.11. The van der Waals surface area contributed by atoms with Crippen molar-refractivity contribution >= 4 is 29.5 Å². The minimum absolute atomic E-state index is 0.0239. The molecule has 0 heterocycles. The third kappa shape index (κ3) is 6.20. The summed E-state index contributed by atoms with van der Waals surface area (Å²) in [5.41, 5.74) is 1.87. The number of carbonyl (C=O) groups excluding carboxylic acids is 2. The van der Waals surface area contributed by atoms with Gasteiger partial charge >= 0.3 is 5.97 Å². The average molecular weight is 410 g/mol. The van der Waals surface area contributed by atoms with Crippen LogP contribution >= 0.6 is 0 Å². The molecule has 0 aliphatic heterocycles. The van der Waals surface area contributed by atoms with Gasteiger partial charge in [0, 0.05) is 19.2 Å². The normalized spacial score (nSPS) is 10.6. The van der Waals surface area contributed by atoms with E-state index in [0.717, 1.165) is 11.1 Å². The van der Waals surface area contributed by atoms with Crippen molar-refractivity contribution in [1.82, 2.24) is 4.90 Å². The van der Waals surface area contributed by atoms with Crippen LogP contribution in [0.1, 0.15) is 35.3 Å². The lowest BCUT2D eigenvalue weighted by Gasteiger charge is -2.19. The Morgan fingerprint density at radius 1 is 1.10 bits per heavy atom. The highest BCUT2D eigenvalue weighted by Gasteiger charge is 2.12. The second kappa shape index (κ2) is 10.8. The second-order valence-electron chi connectivity index (χ2n) is 6.55. The molecular weight excluding hydrogens is 384 g/mol. The van der Waals surface area contributed by atoms with Gasteiger partial charge in [-0.3, -0.25) is 9.59 Å². The fourth-order valence-corrected chi connectivity index (χ4v) is 2.87. The van der Waals surface area contributed by atoms with E-state index >= 15 is 0 Å². The third-order valence-electron chi connectivity index (χ3n) is 4.51. The molecule has 2 aromatic carbocycles. The van der Waals surface area contributed by atoms with Crippen LogP contribution in [0.5, 0.6) is 5.75 Å². The van der Waals surface area contributed by atoms with Crippen molar-refractivity contribution in [3.05, 3.63) is 65.2 Å². The van der Waals surface area contributed by atoms with Crippen LogP contribution in [0.15, 0.2) is 48.5 Å². The number of nitrogens with one attached hydrogen (secondary N) is 1. The Hall–Kier alpha value is -3.61. The molecule has 2 aromatic rings. The van der Waals surface area contributed by atoms with E-state index in [1.54, 1.807) is 35.2 Å². The molecule has 0 spiro atoms. The molecule has 0 aromatic heterocycles. The van der Waals surface area contributed by atoms with Crippen LogP contribution in [0.25, 0.3) is 6.08 Å². The summed E-state index contributed by atoms with van der Waals surface area (Å²) in [6, 6.07) is 11.6. The Morgan fingerprint density at radius 2 is 1.80 bits per heavy atom. The van der Waals surface area contributed by atoms with Gasteiger partial charge in [0.25, 0.3) is 5.91 Å². The van der Waals surface area contributed by atoms with Gasteiger partial charge in [0.1, 0.15) is 5.75 Å². The van der Waals surface area contributed by atoms with Crippen molar-refractivity contribution in [2.75, 3.05) is 25.0 Å². The molecule has 30 heavy (non-hydrogen) atoms. The van der Waals surface area contributed by atoms with E-state index in [9.17, 15) is 19.5 Å². The summed E-state index contributed by atoms with van der Waals surface area (Å²) in [5, 5.41) is 11.7. The number of anilines is 1. The van der Waals surface area contributed by atoms with Crippen molar-refractivity contribution < 1.29 is 24.2 Å². The SMILES string of the molecule is CCN(CC)C(=O)COc1ccc(/C=C/C(=O)Nc2ccccc2C(=O)O)cc1C. The number of aryl methyl sites for hydroxylation is 1. The molecule has 158 valence electrons. The quantitative estimate of drug-likeness (QED) is 0.616. The zero-order chi connectivity index (χ0) is 22.1. The smallest absolute Gasteiger partial charge is 0.337 e. The van der Waals surface area contributed by atoms with Gasteiger partial charge in [-0.05, 0) is 62.2 Å². The summed E-state index contributed by atoms with van der Waals surface area (Å²) in [5.74, 6) is -1.01. The van der Waals surface area contributed by atoms with Gasteiger partial charge in [0.05, 0.1) is 11.3 Å². The summed E-state index contributed by atoms with van der Waals surface area (Å²) < 4.78 is 5.63. The van der Waals surface area contributed by atoms with Crippen molar-refractivity contribution in [3.8, 4) is 5.75 Å². The highest BCUT2D eigenvalue weighted by molar-refractivity contribution is 6.06. The predicted octanol–water partition coefficient (Wildman–Crippen LogP) is 3.59. The zero-order valence-electron chi connectivity index (χ0n) is 17.3. The lowest BCUT2D eigenvalue weighted by Crippen LogP contribution is -2.34. The molecule has 0 unspecified atom stereocenters. The zero-order valence-corrected chi connectivity index (χ0v) is 17.3. The van der Waals surface area contributed by atoms with Crippen LogP contribution in [0, 0.1) is 6.92 Å². The number of benzene rings is 2. The molecule has 0 radical (unpaired) electrons. The standard InChI is InChI=1S/C23H26N2O5/c1-4-25(5-2)22(27)15-30-20-12-10-17(14-16(20)3)11-13-21(26)24-19-9-7-6-8-18(19)23(28)29/h6-14H,4-5,15H2,1-3H3,(H,24,26)(H,28,29)/b13-11+. The van der Waals surface area contributed by atoms with Gasteiger partial charge in [-0.1, -0.05) is 18.2 Å². The van der Waals surface area contributed by atoms with E-state index in [4.69, 9.17) is 4.74 Å². The number of carboxylic acid groups (broad SMARTS) is 1. The molecule has 2 amide bonds. The topological polar surface area (TPSA) is 95.9 Å². The summed E-state index contributed by atoms with van der Waals surface area (Å²) in [7, 11) is 0. The number of carbonyl (C=O) groups is 3. The summed E-state index contributed by atoms with van der Waals surface area (Å²) in [6.45, 7) is 6.95. The number of amides is 2. The second-order valence-corrected chi connectivity index (χ2v) is 6.55. The number of para-hydroxylation sites is 1. The van der Waals surface area contributed by atoms with Gasteiger partial charge in [0.2, 0.25) is 5.91 Å². The fraction of sp³-hybridized carbons (Fsp3) is 0.261. The maximum Gasteiger partial charge on any atom is 0.337 e. The molecule has 0 fully saturated rings. The number of hydrogen-bond donors (Lipinski definition) is 2. The molecule has 0 aliphatic rings. The van der Waals surface area contributed by atoms with Crippen molar-refractivity contribution in [3.63, 3.8) is 0 Å². The van der Waals surface area contributed by atoms with Crippen LogP contribution in [-0.2, 0) is 9.59 Å². The number of rotatable bonds is 9. The van der Waals surface area contributed by atoms with E-state index in [-0.39, 0.29) is 23.8 Å². The third-order valence-corrected chi connectivity index (χ3v) is 4.51. The lowest BCUT2D eigenvalue weighted by atomic mass is 10.1. The lowest BCUT2D eigenvalue weighted by molar-refractivity contribution is -0.133. The van der Waals surface area contributed by atoms with Crippen LogP contribution in [0.3, 0.4) is 0 Å². The Balaban J connectivity index is 2.00. The largest absolute Gasteiger partial charge is 0.483 e. The highest BCUT2D eigenvalue weighted by atomic mass is 16.5. The van der Waals surface area contributed by atoms with Crippen LogP contribution < -0.4 is 10.1 Å². The first kappa shape index (κ1) is 22.7. The van der Waals surface area contributed by atoms with E-state index in [1.165, 1.54) is 18.2 Å². The molecule has 2 N–H and O–H groups in total. The number of likely N-dealkylation sites (N-methyl/N-ethyl adjacent to an activating group) is 1. The van der Waals surface area contributed by atoms with Crippen LogP contribution in [0.2, 0.25) is 0 Å². The number of carboxylic acids is 1. The Bertz CT molecular complexity index is 948. The maximum absolute atomic E-state index is 12.2. The van der Waals surface area contributed by atoms with Crippen molar-refractivity contribution in [2.45, 2.75) is 20.8 Å². The first-order valence-corrected chi connectivity index (χ1v) is 9.68. The number of ether oxygens (including phenoxy) is 1. The highest BCUT2D eigenvalue weighted by Crippen LogP contribution is 2.20. The van der Waals surface area contributed by atoms with Gasteiger partial charge in [0.15, 0.2) is 6.61 Å². The van der Waals surface area contributed by atoms with E-state index in [0.29, 0.717) is 18.8 Å². The summed E-state index contributed by atoms with van der Waals surface area (Å²) in [4.78, 5) is 37.1. The number of hydrogen-bond acceptors (Lipinski definition) is 4. The first-order chi connectivity index (χ1) is 14.3. The Kier molecular flexibility index (Phi) is 8.17. The number of aromatic carboxylic acids is 1. The predicted molar refractivity (Wildman–Crippen MR) is 116 cm³/mol. The van der Waals surface area contributed by atoms with Crippen LogP contribution in [0.4, 0.5) is 5.69 Å². The summed E-state index contributed by atoms with van der Waals surface area (Å²) >= 11 is 0. The molecule has 0 saturated heterocycles. The molecule has 7 heteroatoms. The van der Waals surface area contributed by atoms with Crippen LogP contribution in [-0.4, -0.2) is 47.5 Å². The van der Waals surface area contributed by atoms with E-state index in [2.05, 4.69) is 5.32 Å². The minimum Gasteiger partial charge on any atom is -0.483 e. The molecule has 0 aliphatic carbocycles. The maximum atomic E-state index is 12.2. The molecule has 0 bridgehead atoms. The molecule has 0 saturated carbocycles. The first-order valence-electron chi connectivity index (χ1n) is 9.68. The van der Waals surface area contributed by atoms with E-state index < -0.39 is 11.9 Å². The number of nitrogens with zero attached hydrogens (tertiary/aromatic N) is 1. The van der Waals surface area contributed by atoms with Gasteiger partial charge in [-0.25, -0.2) is 4.79 Å². The summed E-state index contributed by atoms with van der Waals surface area (Å²) in [6.07, 6.45) is 2.95. The van der Waals surface area contributed by atoms with Crippen molar-refractivity contribution in [2.24, 2.45) is 0 Å². The van der Waals surface area contributed by atoms with E-state index in [1.807, 2.05) is 26.8 Å². The Morgan fingerprint density at radius 3 is 2.43 bits per heavy atom. The average Bonchev–Trinajstić information content (AvgIpc) is 2.72. The molecule has 0 atom stereocenters. The fourth-order valence-electron chi connectivity index (χ4n) is 2.87. The van der Waals surface area contributed by atoms with Gasteiger partial charge < -0.3 is 20.1 Å². The van der Waals surface area contributed by atoms with Crippen molar-refractivity contribution in [1.29, 1.82) is 0 Å². The Labute approximate surface area is 176 Å². The van der Waals surface area contributed by atoms with Gasteiger partial charge in [-0.2, -0.15) is 0 Å². The monoisotopic (exact) mass is 410 g/mol.